The van der Waals surface area contributed by atoms with Gasteiger partial charge in [0.2, 0.25) is 0 Å². The van der Waals surface area contributed by atoms with Crippen LogP contribution in [0.1, 0.15) is 342 Å². The molecule has 0 saturated heterocycles. The summed E-state index contributed by atoms with van der Waals surface area (Å²) < 4.78 is 0. The molecule has 78 heavy (non-hydrogen) atoms. The molecule has 0 saturated carbocycles. The number of hydrogen-bond donors (Lipinski definition) is 0. The van der Waals surface area contributed by atoms with Crippen molar-refractivity contribution < 1.29 is 0 Å². The van der Waals surface area contributed by atoms with Gasteiger partial charge in [0.15, 0.2) is 5.70 Å². The number of hydrogen-bond acceptors (Lipinski definition) is 1. The number of nitrogens with zero attached hydrogens (tertiary/aromatic N) is 2. The van der Waals surface area contributed by atoms with E-state index in [1.807, 2.05) is 13.0 Å². The fraction of sp³-hybridized carbons (Fsp3) is 0.658. The predicted octanol–water partition coefficient (Wildman–Crippen LogP) is 25.1. The second-order valence-corrected chi connectivity index (χ2v) is 23.6. The van der Waals surface area contributed by atoms with Gasteiger partial charge in [-0.3, -0.25) is 0 Å². The van der Waals surface area contributed by atoms with Gasteiger partial charge in [-0.2, -0.15) is 5.26 Å². The third-order valence-electron chi connectivity index (χ3n) is 16.9. The first-order valence-corrected chi connectivity index (χ1v) is 33.6. The number of unbranched alkanes of at least 4 members (excludes halogenated alkanes) is 30. The van der Waals surface area contributed by atoms with E-state index in [1.165, 1.54) is 274 Å². The van der Waals surface area contributed by atoms with Crippen LogP contribution in [0.15, 0.2) is 48.6 Å². The van der Waals surface area contributed by atoms with E-state index >= 15 is 0 Å². The smallest absolute Gasteiger partial charge is 0.195 e. The van der Waals surface area contributed by atoms with Gasteiger partial charge in [0.05, 0.1) is 18.2 Å². The van der Waals surface area contributed by atoms with Crippen molar-refractivity contribution in [2.24, 2.45) is 0 Å². The van der Waals surface area contributed by atoms with Crippen LogP contribution in [0.2, 0.25) is 0 Å². The second kappa shape index (κ2) is 44.6. The Bertz CT molecular complexity index is 2230. The molecule has 0 aliphatic carbocycles. The predicted molar refractivity (Wildman–Crippen MR) is 349 cm³/mol. The highest BCUT2D eigenvalue weighted by atomic mass is 14.7. The molecule has 0 aromatic heterocycles. The Morgan fingerprint density at radius 1 is 0.385 bits per heavy atom. The molecule has 0 bridgehead atoms. The lowest BCUT2D eigenvalue weighted by Gasteiger charge is -2.21. The molecule has 0 spiro atoms. The monoisotopic (exact) mass is 1060 g/mol. The molecule has 0 aliphatic rings. The first kappa shape index (κ1) is 68.1. The summed E-state index contributed by atoms with van der Waals surface area (Å²) >= 11 is 0. The van der Waals surface area contributed by atoms with Gasteiger partial charge in [0.25, 0.3) is 0 Å². The van der Waals surface area contributed by atoms with Crippen LogP contribution in [0, 0.1) is 17.9 Å². The molecule has 0 aliphatic heterocycles. The Labute approximate surface area is 484 Å². The van der Waals surface area contributed by atoms with Crippen LogP contribution in [0.3, 0.4) is 0 Å². The molecule has 3 aromatic carbocycles. The Balaban J connectivity index is 2.43. The van der Waals surface area contributed by atoms with Crippen LogP contribution in [0.4, 0.5) is 0 Å². The van der Waals surface area contributed by atoms with Crippen LogP contribution in [0.25, 0.3) is 39.4 Å². The standard InChI is InChI=1S/C76H118N2/c1-10-18-24-30-36-42-49-65-57-73(67(55-64(65)48-16-7)51-44-38-32-26-20-12-3)74-58-66(50-43-37-31-25-19-11-2)71(56-68(74)52-45-39-33-27-21-13-4)61-76(78-9)75-60-69(53-46-40-34-28-22-14-5)72(63(17-8)62-77)59-70(75)54-47-41-35-29-23-15-6/h16-17,48,55-61H,10-15,18-47,49-54H2,1-8H3/b48-16+,63-17+,76-61-. The van der Waals surface area contributed by atoms with E-state index < -0.39 is 0 Å². The molecule has 0 atom stereocenters. The molecule has 0 amide bonds. The van der Waals surface area contributed by atoms with Gasteiger partial charge in [0, 0.05) is 0 Å². The van der Waals surface area contributed by atoms with Crippen LogP contribution >= 0.6 is 0 Å². The number of allylic oxidation sites excluding steroid dienone is 3. The van der Waals surface area contributed by atoms with E-state index in [1.54, 1.807) is 0 Å². The Hall–Kier alpha value is -4.14. The minimum Gasteiger partial charge on any atom is -0.238 e. The zero-order valence-corrected chi connectivity index (χ0v) is 52.4. The molecule has 432 valence electrons. The van der Waals surface area contributed by atoms with Crippen molar-refractivity contribution in [1.29, 1.82) is 5.26 Å². The maximum Gasteiger partial charge on any atom is 0.195 e. The van der Waals surface area contributed by atoms with Crippen molar-refractivity contribution >= 4 is 23.4 Å². The maximum absolute atomic E-state index is 10.5. The summed E-state index contributed by atoms with van der Waals surface area (Å²) in [5.74, 6) is 0. The molecule has 3 rings (SSSR count). The third kappa shape index (κ3) is 26.4. The lowest BCUT2D eigenvalue weighted by atomic mass is 9.83. The topological polar surface area (TPSA) is 28.1 Å². The normalized spacial score (nSPS) is 12.0. The molecule has 0 unspecified atom stereocenters. The van der Waals surface area contributed by atoms with Gasteiger partial charge in [-0.25, -0.2) is 4.85 Å². The highest BCUT2D eigenvalue weighted by Crippen LogP contribution is 2.39. The molecular formula is C76H118N2. The van der Waals surface area contributed by atoms with Crippen molar-refractivity contribution in [1.82, 2.24) is 0 Å². The molecule has 0 heterocycles. The highest BCUT2D eigenvalue weighted by Gasteiger charge is 2.20. The molecule has 3 aromatic rings. The molecule has 2 nitrogen and oxygen atoms in total. The summed E-state index contributed by atoms with van der Waals surface area (Å²) in [6, 6.07) is 17.8. The fourth-order valence-corrected chi connectivity index (χ4v) is 12.0. The minimum absolute atomic E-state index is 0.765. The van der Waals surface area contributed by atoms with Crippen LogP contribution in [-0.2, 0) is 38.5 Å². The van der Waals surface area contributed by atoms with E-state index in [9.17, 15) is 5.26 Å². The second-order valence-electron chi connectivity index (χ2n) is 23.6. The summed E-state index contributed by atoms with van der Waals surface area (Å²) in [5.41, 5.74) is 17.8. The highest BCUT2D eigenvalue weighted by molar-refractivity contribution is 5.90. The Kier molecular flexibility index (Phi) is 38.9. The zero-order chi connectivity index (χ0) is 56.3. The van der Waals surface area contributed by atoms with Gasteiger partial charge in [-0.15, -0.1) is 0 Å². The first-order chi connectivity index (χ1) is 38.4. The number of benzene rings is 3. The quantitative estimate of drug-likeness (QED) is 0.0240. The molecule has 0 radical (unpaired) electrons. The lowest BCUT2D eigenvalue weighted by Crippen LogP contribution is -2.04. The Morgan fingerprint density at radius 2 is 0.692 bits per heavy atom. The summed E-state index contributed by atoms with van der Waals surface area (Å²) in [4.78, 5) is 4.54. The van der Waals surface area contributed by atoms with E-state index in [0.717, 1.165) is 73.8 Å². The van der Waals surface area contributed by atoms with Crippen LogP contribution in [-0.4, -0.2) is 0 Å². The van der Waals surface area contributed by atoms with Gasteiger partial charge < -0.3 is 0 Å². The SMILES string of the molecule is [C-]#[N+]/C(=C\c1cc(CCCCCCCC)c(-c2cc(CCCCCCCC)c(/C=C/C)cc2CCCCCCCC)cc1CCCCCCCC)c1cc(CCCCCCCC)c(/C(C#N)=C/C)cc1CCCCCCCC. The lowest BCUT2D eigenvalue weighted by molar-refractivity contribution is 0.605. The van der Waals surface area contributed by atoms with Crippen molar-refractivity contribution in [3.8, 4) is 17.2 Å². The summed E-state index contributed by atoms with van der Waals surface area (Å²) in [6.45, 7) is 27.2. The summed E-state index contributed by atoms with van der Waals surface area (Å²) in [7, 11) is 0. The summed E-state index contributed by atoms with van der Waals surface area (Å²) in [5, 5.41) is 10.5. The largest absolute Gasteiger partial charge is 0.238 e. The van der Waals surface area contributed by atoms with Crippen molar-refractivity contribution in [2.45, 2.75) is 325 Å². The average Bonchev–Trinajstić information content (AvgIpc) is 3.46. The maximum atomic E-state index is 10.5. The minimum atomic E-state index is 0.765. The molecule has 0 N–H and O–H groups in total. The first-order valence-electron chi connectivity index (χ1n) is 33.6. The summed E-state index contributed by atoms with van der Waals surface area (Å²) in [6.07, 6.45) is 61.0. The third-order valence-corrected chi connectivity index (χ3v) is 16.9. The van der Waals surface area contributed by atoms with Crippen LogP contribution < -0.4 is 0 Å². The average molecular weight is 1060 g/mol. The van der Waals surface area contributed by atoms with Crippen LogP contribution in [0.5, 0.6) is 0 Å². The number of nitriles is 1. The molecule has 2 heteroatoms. The van der Waals surface area contributed by atoms with Gasteiger partial charge >= 0.3 is 0 Å². The fourth-order valence-electron chi connectivity index (χ4n) is 12.0. The van der Waals surface area contributed by atoms with Gasteiger partial charge in [0.1, 0.15) is 0 Å². The van der Waals surface area contributed by atoms with E-state index in [0.29, 0.717) is 0 Å². The van der Waals surface area contributed by atoms with Crippen molar-refractivity contribution in [3.05, 3.63) is 116 Å². The van der Waals surface area contributed by atoms with Crippen molar-refractivity contribution in [3.63, 3.8) is 0 Å². The van der Waals surface area contributed by atoms with Gasteiger partial charge in [-0.1, -0.05) is 294 Å². The van der Waals surface area contributed by atoms with Gasteiger partial charge in [-0.05, 0) is 158 Å². The number of aryl methyl sites for hydroxylation is 6. The molecule has 0 fully saturated rings. The number of rotatable bonds is 47. The van der Waals surface area contributed by atoms with E-state index in [2.05, 4.69) is 114 Å². The van der Waals surface area contributed by atoms with Crippen molar-refractivity contribution in [2.75, 3.05) is 0 Å². The Morgan fingerprint density at radius 3 is 1.04 bits per heavy atom. The van der Waals surface area contributed by atoms with E-state index in [-0.39, 0.29) is 0 Å². The zero-order valence-electron chi connectivity index (χ0n) is 52.4. The molecular weight excluding hydrogens is 941 g/mol. The van der Waals surface area contributed by atoms with E-state index in [4.69, 9.17) is 6.57 Å².